The molecule has 2 nitrogen and oxygen atoms in total. The van der Waals surface area contributed by atoms with Crippen molar-refractivity contribution < 1.29 is 4.79 Å². The Hall–Kier alpha value is -0.0500. The predicted octanol–water partition coefficient (Wildman–Crippen LogP) is 3.24. The fourth-order valence-electron chi connectivity index (χ4n) is 1.93. The van der Waals surface area contributed by atoms with Crippen LogP contribution >= 0.6 is 15.9 Å². The van der Waals surface area contributed by atoms with Crippen molar-refractivity contribution in [3.05, 3.63) is 0 Å². The minimum Gasteiger partial charge on any atom is -0.350 e. The van der Waals surface area contributed by atoms with Gasteiger partial charge in [0.05, 0.1) is 0 Å². The highest BCUT2D eigenvalue weighted by molar-refractivity contribution is 9.09. The number of alkyl halides is 1. The predicted molar refractivity (Wildman–Crippen MR) is 67.2 cm³/mol. The SMILES string of the molecule is CC(Br)C(C)(C)NC(=O)C1(C)CCCC1. The van der Waals surface area contributed by atoms with E-state index in [1.807, 2.05) is 0 Å². The van der Waals surface area contributed by atoms with Gasteiger partial charge in [-0.05, 0) is 26.7 Å². The number of carbonyl (C=O) groups excluding carboxylic acids is 1. The Morgan fingerprint density at radius 3 is 2.27 bits per heavy atom. The minimum atomic E-state index is -0.178. The maximum atomic E-state index is 12.2. The zero-order valence-corrected chi connectivity index (χ0v) is 11.8. The third-order valence-corrected chi connectivity index (χ3v) is 4.83. The third kappa shape index (κ3) is 2.96. The lowest BCUT2D eigenvalue weighted by Gasteiger charge is -2.33. The van der Waals surface area contributed by atoms with Gasteiger partial charge < -0.3 is 5.32 Å². The van der Waals surface area contributed by atoms with Crippen LogP contribution in [0.4, 0.5) is 0 Å². The van der Waals surface area contributed by atoms with Gasteiger partial charge in [-0.3, -0.25) is 4.79 Å². The van der Waals surface area contributed by atoms with Gasteiger partial charge in [-0.1, -0.05) is 42.6 Å². The van der Waals surface area contributed by atoms with Crippen molar-refractivity contribution in [2.45, 2.75) is 63.7 Å². The lowest BCUT2D eigenvalue weighted by atomic mass is 9.86. The molecule has 0 saturated heterocycles. The fraction of sp³-hybridized carbons (Fsp3) is 0.917. The molecule has 1 aliphatic rings. The second kappa shape index (κ2) is 4.44. The summed E-state index contributed by atoms with van der Waals surface area (Å²) in [7, 11) is 0. The number of halogens is 1. The average molecular weight is 276 g/mol. The molecule has 0 aliphatic heterocycles. The van der Waals surface area contributed by atoms with E-state index in [2.05, 4.69) is 48.9 Å². The van der Waals surface area contributed by atoms with E-state index in [-0.39, 0.29) is 21.7 Å². The summed E-state index contributed by atoms with van der Waals surface area (Å²) in [5.74, 6) is 0.219. The molecule has 1 N–H and O–H groups in total. The first kappa shape index (κ1) is 13.0. The van der Waals surface area contributed by atoms with Crippen molar-refractivity contribution in [3.63, 3.8) is 0 Å². The van der Waals surface area contributed by atoms with Gasteiger partial charge in [-0.2, -0.15) is 0 Å². The molecule has 0 aromatic heterocycles. The molecule has 88 valence electrons. The van der Waals surface area contributed by atoms with Gasteiger partial charge in [0.1, 0.15) is 0 Å². The molecule has 1 amide bonds. The molecule has 1 rings (SSSR count). The summed E-state index contributed by atoms with van der Waals surface area (Å²) in [6.45, 7) is 8.27. The molecular formula is C12H22BrNO. The largest absolute Gasteiger partial charge is 0.350 e. The van der Waals surface area contributed by atoms with Crippen molar-refractivity contribution in [2.75, 3.05) is 0 Å². The van der Waals surface area contributed by atoms with Gasteiger partial charge in [0.25, 0.3) is 0 Å². The van der Waals surface area contributed by atoms with Crippen molar-refractivity contribution in [2.24, 2.45) is 5.41 Å². The Bertz CT molecular complexity index is 242. The Morgan fingerprint density at radius 1 is 1.40 bits per heavy atom. The molecular weight excluding hydrogens is 254 g/mol. The van der Waals surface area contributed by atoms with Crippen molar-refractivity contribution in [3.8, 4) is 0 Å². The monoisotopic (exact) mass is 275 g/mol. The van der Waals surface area contributed by atoms with Gasteiger partial charge in [0, 0.05) is 15.8 Å². The van der Waals surface area contributed by atoms with Gasteiger partial charge >= 0.3 is 0 Å². The average Bonchev–Trinajstić information content (AvgIpc) is 2.52. The van der Waals surface area contributed by atoms with Crippen LogP contribution in [0.2, 0.25) is 0 Å². The molecule has 0 spiro atoms. The van der Waals surface area contributed by atoms with Crippen LogP contribution < -0.4 is 5.32 Å². The molecule has 0 aromatic carbocycles. The van der Waals surface area contributed by atoms with Crippen LogP contribution in [0.25, 0.3) is 0 Å². The number of nitrogens with one attached hydrogen (secondary N) is 1. The Balaban J connectivity index is 2.62. The lowest BCUT2D eigenvalue weighted by molar-refractivity contribution is -0.131. The molecule has 1 atom stereocenters. The van der Waals surface area contributed by atoms with E-state index in [0.717, 1.165) is 12.8 Å². The van der Waals surface area contributed by atoms with Gasteiger partial charge in [-0.15, -0.1) is 0 Å². The van der Waals surface area contributed by atoms with Crippen LogP contribution in [0.1, 0.15) is 53.4 Å². The number of hydrogen-bond acceptors (Lipinski definition) is 1. The molecule has 3 heteroatoms. The van der Waals surface area contributed by atoms with Crippen LogP contribution in [0.3, 0.4) is 0 Å². The summed E-state index contributed by atoms with van der Waals surface area (Å²) in [5, 5.41) is 3.15. The van der Waals surface area contributed by atoms with Crippen molar-refractivity contribution in [1.29, 1.82) is 0 Å². The molecule has 0 bridgehead atoms. The molecule has 0 radical (unpaired) electrons. The normalized spacial score (nSPS) is 22.5. The van der Waals surface area contributed by atoms with E-state index in [1.54, 1.807) is 0 Å². The van der Waals surface area contributed by atoms with E-state index in [1.165, 1.54) is 12.8 Å². The molecule has 0 heterocycles. The number of rotatable bonds is 3. The third-order valence-electron chi connectivity index (χ3n) is 3.69. The minimum absolute atomic E-state index is 0.126. The molecule has 1 unspecified atom stereocenters. The smallest absolute Gasteiger partial charge is 0.226 e. The van der Waals surface area contributed by atoms with Crippen LogP contribution in [0.5, 0.6) is 0 Å². The highest BCUT2D eigenvalue weighted by atomic mass is 79.9. The summed E-state index contributed by atoms with van der Waals surface area (Å²) in [5.41, 5.74) is -0.304. The molecule has 1 saturated carbocycles. The maximum Gasteiger partial charge on any atom is 0.226 e. The van der Waals surface area contributed by atoms with Gasteiger partial charge in [-0.25, -0.2) is 0 Å². The highest BCUT2D eigenvalue weighted by Crippen LogP contribution is 2.38. The Morgan fingerprint density at radius 2 is 1.87 bits per heavy atom. The first-order valence-corrected chi connectivity index (χ1v) is 6.66. The number of hydrogen-bond donors (Lipinski definition) is 1. The van der Waals surface area contributed by atoms with Crippen LogP contribution in [-0.4, -0.2) is 16.3 Å². The molecule has 15 heavy (non-hydrogen) atoms. The van der Waals surface area contributed by atoms with E-state index < -0.39 is 0 Å². The van der Waals surface area contributed by atoms with E-state index in [4.69, 9.17) is 0 Å². The standard InChI is InChI=1S/C12H22BrNO/c1-9(13)11(2,3)14-10(15)12(4)7-5-6-8-12/h9H,5-8H2,1-4H3,(H,14,15). The Kier molecular flexibility index (Phi) is 3.85. The van der Waals surface area contributed by atoms with E-state index >= 15 is 0 Å². The van der Waals surface area contributed by atoms with E-state index in [9.17, 15) is 4.79 Å². The van der Waals surface area contributed by atoms with Crippen molar-refractivity contribution in [1.82, 2.24) is 5.32 Å². The Labute approximate surface area is 101 Å². The molecule has 1 fully saturated rings. The lowest BCUT2D eigenvalue weighted by Crippen LogP contribution is -2.53. The summed E-state index contributed by atoms with van der Waals surface area (Å²) < 4.78 is 0. The zero-order chi connectivity index (χ0) is 11.7. The topological polar surface area (TPSA) is 29.1 Å². The zero-order valence-electron chi connectivity index (χ0n) is 10.2. The van der Waals surface area contributed by atoms with Crippen molar-refractivity contribution >= 4 is 21.8 Å². The van der Waals surface area contributed by atoms with Crippen LogP contribution in [0, 0.1) is 5.41 Å². The van der Waals surface area contributed by atoms with Gasteiger partial charge in [0.15, 0.2) is 0 Å². The highest BCUT2D eigenvalue weighted by Gasteiger charge is 2.39. The maximum absolute atomic E-state index is 12.2. The second-order valence-corrected chi connectivity index (χ2v) is 6.93. The number of amides is 1. The summed E-state index contributed by atoms with van der Waals surface area (Å²) in [6.07, 6.45) is 4.44. The second-order valence-electron chi connectivity index (χ2n) is 5.56. The van der Waals surface area contributed by atoms with E-state index in [0.29, 0.717) is 0 Å². The van der Waals surface area contributed by atoms with Crippen LogP contribution in [0.15, 0.2) is 0 Å². The fourth-order valence-corrected chi connectivity index (χ4v) is 2.04. The molecule has 1 aliphatic carbocycles. The quantitative estimate of drug-likeness (QED) is 0.788. The first-order valence-electron chi connectivity index (χ1n) is 5.75. The summed E-state index contributed by atoms with van der Waals surface area (Å²) in [4.78, 5) is 12.4. The number of carbonyl (C=O) groups is 1. The first-order chi connectivity index (χ1) is 6.78. The molecule has 0 aromatic rings. The summed E-state index contributed by atoms with van der Waals surface area (Å²) >= 11 is 3.54. The summed E-state index contributed by atoms with van der Waals surface area (Å²) in [6, 6.07) is 0. The van der Waals surface area contributed by atoms with Crippen LogP contribution in [-0.2, 0) is 4.79 Å². The van der Waals surface area contributed by atoms with Gasteiger partial charge in [0.2, 0.25) is 5.91 Å².